The van der Waals surface area contributed by atoms with E-state index >= 15 is 0 Å². The van der Waals surface area contributed by atoms with E-state index in [0.717, 1.165) is 4.78 Å². The third kappa shape index (κ3) is 4.16. The van der Waals surface area contributed by atoms with Gasteiger partial charge >= 0.3 is 0 Å². The molecule has 0 spiro atoms. The molecule has 0 amide bonds. The molecule has 0 aliphatic rings. The Balaban J connectivity index is 0.00000121. The fraction of sp³-hybridized carbons (Fsp3) is 0.400. The molecule has 0 saturated heterocycles. The van der Waals surface area contributed by atoms with Crippen molar-refractivity contribution in [3.05, 3.63) is 29.8 Å². The van der Waals surface area contributed by atoms with E-state index in [1.165, 1.54) is 9.99 Å². The van der Waals surface area contributed by atoms with E-state index < -0.39 is 0 Å². The summed E-state index contributed by atoms with van der Waals surface area (Å²) in [6, 6.07) is 8.91. The molecule has 0 aliphatic heterocycles. The molecule has 0 bridgehead atoms. The van der Waals surface area contributed by atoms with Gasteiger partial charge in [-0.2, -0.15) is 0 Å². The first-order chi connectivity index (χ1) is 5.18. The van der Waals surface area contributed by atoms with Crippen LogP contribution in [0.5, 0.6) is 0 Å². The van der Waals surface area contributed by atoms with E-state index in [0.29, 0.717) is 15.2 Å². The molecule has 0 nitrogen and oxygen atoms in total. The lowest BCUT2D eigenvalue weighted by atomic mass is 10.2. The van der Waals surface area contributed by atoms with Gasteiger partial charge in [0.25, 0.3) is 15.2 Å². The predicted octanol–water partition coefficient (Wildman–Crippen LogP) is 2.57. The molecule has 1 aromatic carbocycles. The van der Waals surface area contributed by atoms with Gasteiger partial charge in [0.15, 0.2) is 0 Å². The molecular formula is C10H15AlCl. The van der Waals surface area contributed by atoms with Gasteiger partial charge in [0.2, 0.25) is 0 Å². The second-order valence-electron chi connectivity index (χ2n) is 3.32. The van der Waals surface area contributed by atoms with Gasteiger partial charge in [0.1, 0.15) is 0 Å². The van der Waals surface area contributed by atoms with Gasteiger partial charge in [-0.25, -0.2) is 0 Å². The molecule has 0 fully saturated rings. The fourth-order valence-electron chi connectivity index (χ4n) is 1.06. The summed E-state index contributed by atoms with van der Waals surface area (Å²) in [7, 11) is 0. The summed E-state index contributed by atoms with van der Waals surface area (Å²) in [5, 5.41) is 0. The Hall–Kier alpha value is 0.0425. The molecule has 1 radical (unpaired) electrons. The molecule has 65 valence electrons. The molecule has 0 N–H and O–H groups in total. The summed E-state index contributed by atoms with van der Waals surface area (Å²) in [6.07, 6.45) is 0. The van der Waals surface area contributed by atoms with E-state index in [-0.39, 0.29) is 12.4 Å². The molecule has 0 aromatic heterocycles. The van der Waals surface area contributed by atoms with Gasteiger partial charge in [-0.05, 0) is 6.92 Å². The van der Waals surface area contributed by atoms with Gasteiger partial charge < -0.3 is 0 Å². The maximum Gasteiger partial charge on any atom is 0.253 e. The van der Waals surface area contributed by atoms with Gasteiger partial charge in [0.05, 0.1) is 0 Å². The third-order valence-electron chi connectivity index (χ3n) is 1.60. The fourth-order valence-corrected chi connectivity index (χ4v) is 2.25. The zero-order chi connectivity index (χ0) is 8.27. The Bertz CT molecular complexity index is 216. The van der Waals surface area contributed by atoms with Crippen molar-refractivity contribution < 1.29 is 0 Å². The molecule has 12 heavy (non-hydrogen) atoms. The van der Waals surface area contributed by atoms with Gasteiger partial charge in [-0.3, -0.25) is 0 Å². The van der Waals surface area contributed by atoms with Crippen LogP contribution in [0.25, 0.3) is 0 Å². The van der Waals surface area contributed by atoms with E-state index in [1.807, 2.05) is 0 Å². The summed E-state index contributed by atoms with van der Waals surface area (Å²) in [4.78, 5) is 0. The Morgan fingerprint density at radius 3 is 2.00 bits per heavy atom. The average Bonchev–Trinajstić information content (AvgIpc) is 1.93. The van der Waals surface area contributed by atoms with Crippen molar-refractivity contribution >= 4 is 32.1 Å². The summed E-state index contributed by atoms with van der Waals surface area (Å²) >= 11 is 0.482. The number of rotatable bonds is 2. The number of hydrogen-bond donors (Lipinski definition) is 0. The molecule has 0 unspecified atom stereocenters. The van der Waals surface area contributed by atoms with Crippen LogP contribution in [0.4, 0.5) is 0 Å². The SMILES string of the molecule is Cc1cc[c]([Al][CH](C)C)cc1.Cl. The van der Waals surface area contributed by atoms with Crippen LogP contribution in [-0.4, -0.2) is 15.2 Å². The van der Waals surface area contributed by atoms with E-state index in [9.17, 15) is 0 Å². The predicted molar refractivity (Wildman–Crippen MR) is 58.9 cm³/mol. The van der Waals surface area contributed by atoms with Crippen LogP contribution in [0, 0.1) is 6.92 Å². The Morgan fingerprint density at radius 2 is 1.58 bits per heavy atom. The zero-order valence-corrected chi connectivity index (χ0v) is 9.84. The molecule has 0 aliphatic carbocycles. The summed E-state index contributed by atoms with van der Waals surface area (Å²) in [5.74, 6) is 0. The van der Waals surface area contributed by atoms with Crippen molar-refractivity contribution in [1.82, 2.24) is 0 Å². The number of aryl methyl sites for hydroxylation is 1. The first kappa shape index (κ1) is 12.0. The lowest BCUT2D eigenvalue weighted by Crippen LogP contribution is -2.15. The van der Waals surface area contributed by atoms with E-state index in [1.54, 1.807) is 0 Å². The van der Waals surface area contributed by atoms with E-state index in [4.69, 9.17) is 0 Å². The molecule has 1 aromatic rings. The van der Waals surface area contributed by atoms with Gasteiger partial charge in [0, 0.05) is 0 Å². The van der Waals surface area contributed by atoms with Crippen LogP contribution in [0.2, 0.25) is 4.78 Å². The molecule has 2 heteroatoms. The largest absolute Gasteiger partial charge is 0.253 e. The Labute approximate surface area is 87.5 Å². The highest BCUT2D eigenvalue weighted by molar-refractivity contribution is 6.54. The maximum absolute atomic E-state index is 2.29. The molecule has 1 rings (SSSR count). The Kier molecular flexibility index (Phi) is 5.67. The highest BCUT2D eigenvalue weighted by atomic mass is 35.5. The smallest absolute Gasteiger partial charge is 0.147 e. The highest BCUT2D eigenvalue weighted by Crippen LogP contribution is 1.98. The van der Waals surface area contributed by atoms with E-state index in [2.05, 4.69) is 45.0 Å². The van der Waals surface area contributed by atoms with Crippen molar-refractivity contribution in [3.8, 4) is 0 Å². The van der Waals surface area contributed by atoms with Gasteiger partial charge in [-0.1, -0.05) is 48.5 Å². The normalized spacial score (nSPS) is 9.33. The van der Waals surface area contributed by atoms with Crippen molar-refractivity contribution in [2.75, 3.05) is 0 Å². The minimum Gasteiger partial charge on any atom is -0.147 e. The quantitative estimate of drug-likeness (QED) is 0.640. The van der Waals surface area contributed by atoms with Crippen LogP contribution in [0.3, 0.4) is 0 Å². The second-order valence-corrected chi connectivity index (χ2v) is 5.65. The molecule has 0 heterocycles. The molecule has 0 saturated carbocycles. The second kappa shape index (κ2) is 5.65. The van der Waals surface area contributed by atoms with Crippen LogP contribution in [-0.2, 0) is 0 Å². The summed E-state index contributed by atoms with van der Waals surface area (Å²) < 4.78 is 2.38. The summed E-state index contributed by atoms with van der Waals surface area (Å²) in [6.45, 7) is 6.71. The maximum atomic E-state index is 2.29. The first-order valence-electron chi connectivity index (χ1n) is 4.10. The van der Waals surface area contributed by atoms with Gasteiger partial charge in [-0.15, -0.1) is 16.8 Å². The Morgan fingerprint density at radius 1 is 1.08 bits per heavy atom. The lowest BCUT2D eigenvalue weighted by molar-refractivity contribution is 1.07. The topological polar surface area (TPSA) is 0 Å². The minimum atomic E-state index is 0. The standard InChI is InChI=1S/C7H7.C3H7.Al.ClH/c1-7-5-3-2-4-6-7;1-3-2;;/h3-6H,1H3;3H,1-2H3;;1H. The first-order valence-corrected chi connectivity index (χ1v) is 5.34. The number of hydrogen-bond acceptors (Lipinski definition) is 0. The van der Waals surface area contributed by atoms with Crippen LogP contribution < -0.4 is 4.43 Å². The lowest BCUT2D eigenvalue weighted by Gasteiger charge is -2.02. The molecule has 0 atom stereocenters. The van der Waals surface area contributed by atoms with Crippen LogP contribution >= 0.6 is 12.4 Å². The van der Waals surface area contributed by atoms with Crippen molar-refractivity contribution in [2.45, 2.75) is 25.6 Å². The number of benzene rings is 1. The minimum absolute atomic E-state index is 0. The van der Waals surface area contributed by atoms with Crippen molar-refractivity contribution in [1.29, 1.82) is 0 Å². The summed E-state index contributed by atoms with van der Waals surface area (Å²) in [5.41, 5.74) is 1.36. The van der Waals surface area contributed by atoms with Crippen molar-refractivity contribution in [2.24, 2.45) is 0 Å². The average molecular weight is 198 g/mol. The van der Waals surface area contributed by atoms with Crippen LogP contribution in [0.1, 0.15) is 19.4 Å². The monoisotopic (exact) mass is 197 g/mol. The molecular weight excluding hydrogens is 183 g/mol. The third-order valence-corrected chi connectivity index (χ3v) is 3.04. The highest BCUT2D eigenvalue weighted by Gasteiger charge is 1.99. The zero-order valence-electron chi connectivity index (χ0n) is 7.87. The number of halogens is 1. The van der Waals surface area contributed by atoms with Crippen molar-refractivity contribution in [3.63, 3.8) is 0 Å². The van der Waals surface area contributed by atoms with Crippen LogP contribution in [0.15, 0.2) is 24.3 Å².